The van der Waals surface area contributed by atoms with Crippen molar-refractivity contribution in [2.45, 2.75) is 25.3 Å². The summed E-state index contributed by atoms with van der Waals surface area (Å²) in [6.07, 6.45) is 2.49. The van der Waals surface area contributed by atoms with Gasteiger partial charge in [-0.2, -0.15) is 0 Å². The predicted octanol–water partition coefficient (Wildman–Crippen LogP) is 2.20. The smallest absolute Gasteiger partial charge is 0.317 e. The van der Waals surface area contributed by atoms with Crippen molar-refractivity contribution in [3.63, 3.8) is 0 Å². The molecule has 2 rings (SSSR count). The van der Waals surface area contributed by atoms with Crippen molar-refractivity contribution in [1.82, 2.24) is 9.80 Å². The van der Waals surface area contributed by atoms with Crippen molar-refractivity contribution in [2.75, 3.05) is 38.5 Å². The number of likely N-dealkylation sites (tertiary alicyclic amines) is 1. The molecule has 1 aliphatic heterocycles. The molecule has 1 atom stereocenters. The largest absolute Gasteiger partial charge is 0.480 e. The summed E-state index contributed by atoms with van der Waals surface area (Å²) in [6.45, 7) is 1.49. The lowest BCUT2D eigenvalue weighted by Crippen LogP contribution is -2.37. The maximum Gasteiger partial charge on any atom is 0.317 e. The average molecular weight is 392 g/mol. The van der Waals surface area contributed by atoms with E-state index < -0.39 is 17.6 Å². The number of nitrogens with one attached hydrogen (secondary N) is 1. The number of carboxylic acid groups (broad SMARTS) is 1. The maximum absolute atomic E-state index is 13.6. The van der Waals surface area contributed by atoms with Crippen LogP contribution in [0, 0.1) is 11.6 Å². The van der Waals surface area contributed by atoms with Gasteiger partial charge in [-0.05, 0) is 45.0 Å². The van der Waals surface area contributed by atoms with Crippen LogP contribution in [0.2, 0.25) is 0 Å². The van der Waals surface area contributed by atoms with Crippen LogP contribution >= 0.6 is 12.4 Å². The van der Waals surface area contributed by atoms with Crippen LogP contribution < -0.4 is 5.32 Å². The van der Waals surface area contributed by atoms with Crippen LogP contribution in [0.15, 0.2) is 18.2 Å². The molecule has 0 saturated carbocycles. The van der Waals surface area contributed by atoms with Crippen molar-refractivity contribution in [1.29, 1.82) is 0 Å². The first-order valence-corrected chi connectivity index (χ1v) is 8.24. The molecule has 2 N–H and O–H groups in total. The summed E-state index contributed by atoms with van der Waals surface area (Å²) in [7, 11) is 1.79. The number of carbonyl (C=O) groups is 2. The number of hydrogen-bond donors (Lipinski definition) is 2. The fourth-order valence-electron chi connectivity index (χ4n) is 3.06. The molecule has 26 heavy (non-hydrogen) atoms. The van der Waals surface area contributed by atoms with Gasteiger partial charge in [0, 0.05) is 18.7 Å². The lowest BCUT2D eigenvalue weighted by atomic mass is 10.1. The van der Waals surface area contributed by atoms with Crippen molar-refractivity contribution in [3.8, 4) is 0 Å². The SMILES string of the molecule is CN(CC(=O)O)C1CCCN(CC(=O)Nc2ccc(F)cc2F)CC1.Cl. The number of benzene rings is 1. The number of likely N-dealkylation sites (N-methyl/N-ethyl adjacent to an activating group) is 1. The molecule has 9 heteroatoms. The maximum atomic E-state index is 13.6. The number of amides is 1. The molecule has 146 valence electrons. The van der Waals surface area contributed by atoms with Crippen molar-refractivity contribution in [3.05, 3.63) is 29.8 Å². The number of hydrogen-bond acceptors (Lipinski definition) is 4. The van der Waals surface area contributed by atoms with E-state index in [4.69, 9.17) is 5.11 Å². The average Bonchev–Trinajstić information content (AvgIpc) is 2.75. The lowest BCUT2D eigenvalue weighted by molar-refractivity contribution is -0.138. The Kier molecular flexibility index (Phi) is 8.91. The van der Waals surface area contributed by atoms with E-state index in [0.29, 0.717) is 6.54 Å². The highest BCUT2D eigenvalue weighted by Gasteiger charge is 2.22. The number of nitrogens with zero attached hydrogens (tertiary/aromatic N) is 2. The normalized spacial score (nSPS) is 18.1. The van der Waals surface area contributed by atoms with Crippen LogP contribution in [-0.4, -0.2) is 66.1 Å². The molecular weight excluding hydrogens is 368 g/mol. The van der Waals surface area contributed by atoms with Crippen LogP contribution in [0.1, 0.15) is 19.3 Å². The Morgan fingerprint density at radius 1 is 1.31 bits per heavy atom. The van der Waals surface area contributed by atoms with Gasteiger partial charge in [0.25, 0.3) is 0 Å². The first-order chi connectivity index (χ1) is 11.8. The fraction of sp³-hybridized carbons (Fsp3) is 0.529. The molecule has 0 spiro atoms. The van der Waals surface area contributed by atoms with Gasteiger partial charge >= 0.3 is 5.97 Å². The highest BCUT2D eigenvalue weighted by atomic mass is 35.5. The van der Waals surface area contributed by atoms with E-state index in [2.05, 4.69) is 5.32 Å². The summed E-state index contributed by atoms with van der Waals surface area (Å²) >= 11 is 0. The summed E-state index contributed by atoms with van der Waals surface area (Å²) in [6, 6.07) is 3.18. The molecule has 1 saturated heterocycles. The highest BCUT2D eigenvalue weighted by Crippen LogP contribution is 2.17. The summed E-state index contributed by atoms with van der Waals surface area (Å²) < 4.78 is 26.5. The van der Waals surface area contributed by atoms with Crippen molar-refractivity contribution in [2.24, 2.45) is 0 Å². The summed E-state index contributed by atoms with van der Waals surface area (Å²) in [5.74, 6) is -2.72. The zero-order valence-corrected chi connectivity index (χ0v) is 15.4. The first kappa shape index (κ1) is 22.3. The van der Waals surface area contributed by atoms with Gasteiger partial charge in [-0.3, -0.25) is 19.4 Å². The third-order valence-corrected chi connectivity index (χ3v) is 4.37. The Morgan fingerprint density at radius 2 is 2.04 bits per heavy atom. The molecule has 1 aromatic carbocycles. The topological polar surface area (TPSA) is 72.9 Å². The van der Waals surface area contributed by atoms with Gasteiger partial charge in [-0.25, -0.2) is 8.78 Å². The van der Waals surface area contributed by atoms with E-state index in [9.17, 15) is 18.4 Å². The van der Waals surface area contributed by atoms with E-state index in [-0.39, 0.29) is 43.1 Å². The van der Waals surface area contributed by atoms with Crippen LogP contribution in [-0.2, 0) is 9.59 Å². The monoisotopic (exact) mass is 391 g/mol. The first-order valence-electron chi connectivity index (χ1n) is 8.24. The van der Waals surface area contributed by atoms with Gasteiger partial charge in [0.1, 0.15) is 11.6 Å². The Morgan fingerprint density at radius 3 is 2.69 bits per heavy atom. The molecule has 1 fully saturated rings. The van der Waals surface area contributed by atoms with Crippen molar-refractivity contribution < 1.29 is 23.5 Å². The minimum atomic E-state index is -0.857. The number of rotatable bonds is 6. The molecular formula is C17H24ClF2N3O3. The molecule has 0 aliphatic carbocycles. The Balaban J connectivity index is 0.00000338. The molecule has 6 nitrogen and oxygen atoms in total. The van der Waals surface area contributed by atoms with Crippen LogP contribution in [0.3, 0.4) is 0 Å². The second kappa shape index (κ2) is 10.4. The van der Waals surface area contributed by atoms with E-state index in [1.54, 1.807) is 7.05 Å². The Labute approximate surface area is 157 Å². The van der Waals surface area contributed by atoms with Gasteiger partial charge < -0.3 is 10.4 Å². The molecule has 1 heterocycles. The van der Waals surface area contributed by atoms with E-state index in [1.807, 2.05) is 9.80 Å². The predicted molar refractivity (Wildman–Crippen MR) is 96.6 cm³/mol. The highest BCUT2D eigenvalue weighted by molar-refractivity contribution is 5.92. The molecule has 0 radical (unpaired) electrons. The molecule has 0 bridgehead atoms. The summed E-state index contributed by atoms with van der Waals surface area (Å²) in [5.41, 5.74) is -0.0414. The quantitative estimate of drug-likeness (QED) is 0.777. The minimum absolute atomic E-state index is 0. The molecule has 1 aromatic rings. The third kappa shape index (κ3) is 6.86. The standard InChI is InChI=1S/C17H23F2N3O3.ClH/c1-21(11-17(24)25)13-3-2-7-22(8-6-13)10-16(23)20-15-5-4-12(18)9-14(15)19;/h4-5,9,13H,2-3,6-8,10-11H2,1H3,(H,20,23)(H,24,25);1H. The zero-order chi connectivity index (χ0) is 18.4. The summed E-state index contributed by atoms with van der Waals surface area (Å²) in [5, 5.41) is 11.3. The van der Waals surface area contributed by atoms with Gasteiger partial charge in [-0.1, -0.05) is 0 Å². The molecule has 1 unspecified atom stereocenters. The minimum Gasteiger partial charge on any atom is -0.480 e. The van der Waals surface area contributed by atoms with E-state index in [0.717, 1.165) is 37.9 Å². The number of halogens is 3. The molecule has 1 aliphatic rings. The number of anilines is 1. The van der Waals surface area contributed by atoms with E-state index >= 15 is 0 Å². The van der Waals surface area contributed by atoms with Crippen molar-refractivity contribution >= 4 is 30.0 Å². The Hall–Kier alpha value is -1.77. The van der Waals surface area contributed by atoms with Gasteiger partial charge in [0.05, 0.1) is 18.8 Å². The number of carboxylic acids is 1. The third-order valence-electron chi connectivity index (χ3n) is 4.37. The summed E-state index contributed by atoms with van der Waals surface area (Å²) in [4.78, 5) is 26.7. The zero-order valence-electron chi connectivity index (χ0n) is 14.6. The number of aliphatic carboxylic acids is 1. The van der Waals surface area contributed by atoms with Gasteiger partial charge in [0.15, 0.2) is 0 Å². The van der Waals surface area contributed by atoms with E-state index in [1.165, 1.54) is 6.07 Å². The van der Waals surface area contributed by atoms with Crippen LogP contribution in [0.5, 0.6) is 0 Å². The van der Waals surface area contributed by atoms with Crippen LogP contribution in [0.25, 0.3) is 0 Å². The van der Waals surface area contributed by atoms with Gasteiger partial charge in [-0.15, -0.1) is 12.4 Å². The fourth-order valence-corrected chi connectivity index (χ4v) is 3.06. The molecule has 1 amide bonds. The number of carbonyl (C=O) groups excluding carboxylic acids is 1. The van der Waals surface area contributed by atoms with Gasteiger partial charge in [0.2, 0.25) is 5.91 Å². The second-order valence-corrected chi connectivity index (χ2v) is 6.34. The lowest BCUT2D eigenvalue weighted by Gasteiger charge is -2.25. The molecule has 0 aromatic heterocycles. The Bertz CT molecular complexity index is 633. The second-order valence-electron chi connectivity index (χ2n) is 6.34. The van der Waals surface area contributed by atoms with Crippen LogP contribution in [0.4, 0.5) is 14.5 Å².